The van der Waals surface area contributed by atoms with Gasteiger partial charge in [0.25, 0.3) is 0 Å². The van der Waals surface area contributed by atoms with Crippen LogP contribution in [0.25, 0.3) is 0 Å². The van der Waals surface area contributed by atoms with Crippen molar-refractivity contribution in [3.05, 3.63) is 0 Å². The normalized spacial score (nSPS) is 27.5. The highest BCUT2D eigenvalue weighted by Gasteiger charge is 2.34. The number of hydrogen-bond acceptors (Lipinski definition) is 3. The smallest absolute Gasteiger partial charge is 0.306 e. The Morgan fingerprint density at radius 1 is 1.47 bits per heavy atom. The summed E-state index contributed by atoms with van der Waals surface area (Å²) in [6.07, 6.45) is 3.36. The Morgan fingerprint density at radius 2 is 2.12 bits per heavy atom. The Bertz CT molecular complexity index is 302. The van der Waals surface area contributed by atoms with Crippen LogP contribution in [0.5, 0.6) is 0 Å². The largest absolute Gasteiger partial charge is 0.481 e. The van der Waals surface area contributed by atoms with Gasteiger partial charge in [-0.2, -0.15) is 0 Å². The molecule has 0 heterocycles. The average molecular weight is 242 g/mol. The fourth-order valence-corrected chi connectivity index (χ4v) is 2.32. The van der Waals surface area contributed by atoms with E-state index in [2.05, 4.69) is 5.32 Å². The lowest BCUT2D eigenvalue weighted by atomic mass is 9.96. The van der Waals surface area contributed by atoms with Gasteiger partial charge in [-0.3, -0.25) is 9.59 Å². The molecule has 98 valence electrons. The van der Waals surface area contributed by atoms with Gasteiger partial charge in [0.2, 0.25) is 5.91 Å². The van der Waals surface area contributed by atoms with Crippen molar-refractivity contribution >= 4 is 11.9 Å². The Kier molecular flexibility index (Phi) is 4.51. The third-order valence-corrected chi connectivity index (χ3v) is 3.41. The lowest BCUT2D eigenvalue weighted by Gasteiger charge is -2.25. The zero-order chi connectivity index (χ0) is 13.1. The minimum Gasteiger partial charge on any atom is -0.481 e. The number of carbonyl (C=O) groups is 2. The van der Waals surface area contributed by atoms with Crippen molar-refractivity contribution in [2.45, 2.75) is 57.5 Å². The van der Waals surface area contributed by atoms with E-state index < -0.39 is 11.5 Å². The zero-order valence-corrected chi connectivity index (χ0v) is 10.5. The van der Waals surface area contributed by atoms with Crippen molar-refractivity contribution < 1.29 is 14.7 Å². The summed E-state index contributed by atoms with van der Waals surface area (Å²) in [5.41, 5.74) is 5.06. The molecule has 0 aromatic rings. The van der Waals surface area contributed by atoms with Crippen molar-refractivity contribution in [1.82, 2.24) is 5.32 Å². The zero-order valence-electron chi connectivity index (χ0n) is 10.5. The molecular weight excluding hydrogens is 220 g/mol. The second-order valence-corrected chi connectivity index (χ2v) is 5.19. The lowest BCUT2D eigenvalue weighted by Crippen LogP contribution is -2.53. The van der Waals surface area contributed by atoms with E-state index in [1.54, 1.807) is 6.92 Å². The molecule has 0 aromatic heterocycles. The van der Waals surface area contributed by atoms with Crippen LogP contribution >= 0.6 is 0 Å². The van der Waals surface area contributed by atoms with Crippen LogP contribution in [-0.4, -0.2) is 28.6 Å². The van der Waals surface area contributed by atoms with E-state index in [1.165, 1.54) is 0 Å². The van der Waals surface area contributed by atoms with Gasteiger partial charge in [0.1, 0.15) is 0 Å². The van der Waals surface area contributed by atoms with Crippen LogP contribution in [0.15, 0.2) is 0 Å². The van der Waals surface area contributed by atoms with E-state index in [0.717, 1.165) is 12.8 Å². The number of carbonyl (C=O) groups excluding carboxylic acids is 1. The quantitative estimate of drug-likeness (QED) is 0.667. The summed E-state index contributed by atoms with van der Waals surface area (Å²) in [4.78, 5) is 22.7. The van der Waals surface area contributed by atoms with E-state index in [9.17, 15) is 9.59 Å². The number of amides is 1. The number of carboxylic acid groups (broad SMARTS) is 1. The summed E-state index contributed by atoms with van der Waals surface area (Å²) in [6, 6.07) is -0.0386. The highest BCUT2D eigenvalue weighted by molar-refractivity contribution is 5.85. The molecule has 3 atom stereocenters. The van der Waals surface area contributed by atoms with Gasteiger partial charge in [0.15, 0.2) is 0 Å². The van der Waals surface area contributed by atoms with Gasteiger partial charge in [-0.1, -0.05) is 13.3 Å². The number of nitrogens with two attached hydrogens (primary N) is 1. The van der Waals surface area contributed by atoms with Gasteiger partial charge in [0, 0.05) is 6.04 Å². The number of aliphatic carboxylic acids is 1. The summed E-state index contributed by atoms with van der Waals surface area (Å²) in [6.45, 7) is 3.70. The molecule has 17 heavy (non-hydrogen) atoms. The van der Waals surface area contributed by atoms with Crippen LogP contribution < -0.4 is 11.1 Å². The van der Waals surface area contributed by atoms with Crippen LogP contribution in [0, 0.1) is 5.92 Å². The minimum atomic E-state index is -0.851. The Morgan fingerprint density at radius 3 is 2.59 bits per heavy atom. The fourth-order valence-electron chi connectivity index (χ4n) is 2.32. The minimum absolute atomic E-state index is 0.0386. The van der Waals surface area contributed by atoms with Crippen LogP contribution in [0.1, 0.15) is 46.0 Å². The molecular formula is C12H22N2O3. The van der Waals surface area contributed by atoms with Gasteiger partial charge in [-0.25, -0.2) is 0 Å². The molecule has 1 unspecified atom stereocenters. The van der Waals surface area contributed by atoms with Gasteiger partial charge in [0.05, 0.1) is 11.5 Å². The van der Waals surface area contributed by atoms with Gasteiger partial charge in [-0.05, 0) is 32.6 Å². The number of carboxylic acids is 1. The second-order valence-electron chi connectivity index (χ2n) is 5.19. The molecule has 1 saturated carbocycles. The first kappa shape index (κ1) is 14.0. The molecule has 0 radical (unpaired) electrons. The predicted octanol–water partition coefficient (Wildman–Crippen LogP) is 0.873. The molecule has 4 N–H and O–H groups in total. The summed E-state index contributed by atoms with van der Waals surface area (Å²) in [5, 5.41) is 11.7. The van der Waals surface area contributed by atoms with Crippen LogP contribution in [-0.2, 0) is 9.59 Å². The van der Waals surface area contributed by atoms with Crippen molar-refractivity contribution in [2.24, 2.45) is 11.7 Å². The van der Waals surface area contributed by atoms with Crippen LogP contribution in [0.3, 0.4) is 0 Å². The summed E-state index contributed by atoms with van der Waals surface area (Å²) < 4.78 is 0. The molecule has 0 spiro atoms. The topological polar surface area (TPSA) is 92.4 Å². The first-order valence-electron chi connectivity index (χ1n) is 6.19. The van der Waals surface area contributed by atoms with Gasteiger partial charge < -0.3 is 16.2 Å². The maximum Gasteiger partial charge on any atom is 0.306 e. The van der Waals surface area contributed by atoms with Crippen molar-refractivity contribution in [3.63, 3.8) is 0 Å². The van der Waals surface area contributed by atoms with Crippen molar-refractivity contribution in [1.29, 1.82) is 0 Å². The third-order valence-electron chi connectivity index (χ3n) is 3.41. The molecule has 5 nitrogen and oxygen atoms in total. The van der Waals surface area contributed by atoms with E-state index in [4.69, 9.17) is 10.8 Å². The van der Waals surface area contributed by atoms with Crippen LogP contribution in [0.2, 0.25) is 0 Å². The van der Waals surface area contributed by atoms with Gasteiger partial charge >= 0.3 is 5.97 Å². The maximum absolute atomic E-state index is 11.9. The summed E-state index contributed by atoms with van der Waals surface area (Å²) in [5.74, 6) is -1.27. The van der Waals surface area contributed by atoms with E-state index in [-0.39, 0.29) is 17.9 Å². The molecule has 1 fully saturated rings. The SMILES string of the molecule is CCCC(C)(N)C(=O)N[C@H]1CC[C@@H](C(=O)O)C1. The summed E-state index contributed by atoms with van der Waals surface area (Å²) >= 11 is 0. The van der Waals surface area contributed by atoms with Gasteiger partial charge in [-0.15, -0.1) is 0 Å². The lowest BCUT2D eigenvalue weighted by molar-refractivity contribution is -0.141. The monoisotopic (exact) mass is 242 g/mol. The summed E-state index contributed by atoms with van der Waals surface area (Å²) in [7, 11) is 0. The highest BCUT2D eigenvalue weighted by Crippen LogP contribution is 2.26. The number of hydrogen-bond donors (Lipinski definition) is 3. The van der Waals surface area contributed by atoms with E-state index in [1.807, 2.05) is 6.92 Å². The second kappa shape index (κ2) is 5.49. The van der Waals surface area contributed by atoms with Crippen molar-refractivity contribution in [2.75, 3.05) is 0 Å². The standard InChI is InChI=1S/C12H22N2O3/c1-3-6-12(2,13)11(17)14-9-5-4-8(7-9)10(15)16/h8-9H,3-7,13H2,1-2H3,(H,14,17)(H,15,16)/t8-,9+,12?/m1/s1. The van der Waals surface area contributed by atoms with E-state index in [0.29, 0.717) is 19.3 Å². The fraction of sp³-hybridized carbons (Fsp3) is 0.833. The third kappa shape index (κ3) is 3.70. The first-order chi connectivity index (χ1) is 7.86. The molecule has 0 bridgehead atoms. The number of nitrogens with one attached hydrogen (secondary N) is 1. The molecule has 1 aliphatic rings. The first-order valence-corrected chi connectivity index (χ1v) is 6.19. The molecule has 1 amide bonds. The molecule has 0 aromatic carbocycles. The Labute approximate surface area is 102 Å². The highest BCUT2D eigenvalue weighted by atomic mass is 16.4. The predicted molar refractivity (Wildman–Crippen MR) is 64.4 cm³/mol. The number of rotatable bonds is 5. The molecule has 0 saturated heterocycles. The van der Waals surface area contributed by atoms with E-state index >= 15 is 0 Å². The Balaban J connectivity index is 2.45. The molecule has 1 rings (SSSR count). The molecule has 1 aliphatic carbocycles. The van der Waals surface area contributed by atoms with Crippen LogP contribution in [0.4, 0.5) is 0 Å². The Hall–Kier alpha value is -1.10. The van der Waals surface area contributed by atoms with Crippen molar-refractivity contribution in [3.8, 4) is 0 Å². The maximum atomic E-state index is 11.9. The molecule has 0 aliphatic heterocycles. The molecule has 5 heteroatoms. The average Bonchev–Trinajstić information content (AvgIpc) is 2.66.